The zero-order chi connectivity index (χ0) is 42.3. The van der Waals surface area contributed by atoms with Gasteiger partial charge in [0.15, 0.2) is 6.10 Å². The molecule has 0 aromatic heterocycles. The monoisotopic (exact) mass is 807 g/mol. The van der Waals surface area contributed by atoms with E-state index < -0.39 is 6.10 Å². The van der Waals surface area contributed by atoms with Gasteiger partial charge in [0.05, 0.1) is 0 Å². The molecule has 0 saturated heterocycles. The van der Waals surface area contributed by atoms with Gasteiger partial charge in [-0.25, -0.2) is 0 Å². The van der Waals surface area contributed by atoms with Crippen LogP contribution in [0.2, 0.25) is 0 Å². The maximum Gasteiger partial charge on any atom is 0.306 e. The summed E-state index contributed by atoms with van der Waals surface area (Å²) in [5, 5.41) is 0. The van der Waals surface area contributed by atoms with Crippen molar-refractivity contribution in [3.8, 4) is 0 Å². The molecule has 0 amide bonds. The molecule has 0 aliphatic rings. The summed E-state index contributed by atoms with van der Waals surface area (Å²) in [6, 6.07) is 0. The standard InChI is InChI=1S/C52H86O6/c1-4-7-10-13-16-19-21-23-24-25-26-27-28-29-31-33-36-39-42-45-51(54)57-48-49(47-56-50(53)44-41-38-35-32-18-15-12-9-6-3)58-52(55)46-43-40-37-34-30-22-20-17-14-11-8-5-2/h7-12,16-20,23-24,32,49H,4-6,13-15,21-22,25-31,33-48H2,1-3H3/b10-7-,11-8-,12-9-,19-16-,20-17-,24-23-,32-18-. The summed E-state index contributed by atoms with van der Waals surface area (Å²) in [5.41, 5.74) is 0. The first-order valence-electron chi connectivity index (χ1n) is 23.6. The highest BCUT2D eigenvalue weighted by Crippen LogP contribution is 2.14. The normalized spacial score (nSPS) is 12.8. The van der Waals surface area contributed by atoms with E-state index in [0.717, 1.165) is 122 Å². The molecule has 0 fully saturated rings. The lowest BCUT2D eigenvalue weighted by atomic mass is 10.1. The molecule has 1 unspecified atom stereocenters. The second kappa shape index (κ2) is 46.3. The lowest BCUT2D eigenvalue weighted by molar-refractivity contribution is -0.167. The van der Waals surface area contributed by atoms with E-state index in [9.17, 15) is 14.4 Å². The molecular weight excluding hydrogens is 721 g/mol. The van der Waals surface area contributed by atoms with Crippen LogP contribution in [0.15, 0.2) is 85.1 Å². The van der Waals surface area contributed by atoms with Gasteiger partial charge in [-0.2, -0.15) is 0 Å². The van der Waals surface area contributed by atoms with Crippen molar-refractivity contribution in [2.24, 2.45) is 0 Å². The predicted octanol–water partition coefficient (Wildman–Crippen LogP) is 15.3. The number of unbranched alkanes of at least 4 members (excludes halogenated alkanes) is 16. The Morgan fingerprint density at radius 2 is 0.621 bits per heavy atom. The molecule has 0 aromatic rings. The first-order chi connectivity index (χ1) is 28.5. The van der Waals surface area contributed by atoms with E-state index >= 15 is 0 Å². The van der Waals surface area contributed by atoms with E-state index in [1.165, 1.54) is 44.9 Å². The fraction of sp³-hybridized carbons (Fsp3) is 0.673. The third-order valence-electron chi connectivity index (χ3n) is 9.63. The van der Waals surface area contributed by atoms with Crippen LogP contribution in [0.25, 0.3) is 0 Å². The van der Waals surface area contributed by atoms with Crippen LogP contribution in [0.3, 0.4) is 0 Å². The Kier molecular flexibility index (Phi) is 43.6. The van der Waals surface area contributed by atoms with Crippen LogP contribution in [-0.2, 0) is 28.6 Å². The van der Waals surface area contributed by atoms with Crippen molar-refractivity contribution in [2.45, 2.75) is 213 Å². The van der Waals surface area contributed by atoms with E-state index in [4.69, 9.17) is 14.2 Å². The summed E-state index contributed by atoms with van der Waals surface area (Å²) >= 11 is 0. The van der Waals surface area contributed by atoms with Crippen molar-refractivity contribution >= 4 is 17.9 Å². The van der Waals surface area contributed by atoms with Crippen LogP contribution < -0.4 is 0 Å². The first kappa shape index (κ1) is 54.6. The van der Waals surface area contributed by atoms with Crippen molar-refractivity contribution < 1.29 is 28.6 Å². The summed E-state index contributed by atoms with van der Waals surface area (Å²) in [5.74, 6) is -0.962. The number of carbonyl (C=O) groups is 3. The van der Waals surface area contributed by atoms with E-state index in [-0.39, 0.29) is 31.1 Å². The number of ether oxygens (including phenoxy) is 3. The predicted molar refractivity (Wildman–Crippen MR) is 247 cm³/mol. The van der Waals surface area contributed by atoms with Crippen LogP contribution >= 0.6 is 0 Å². The van der Waals surface area contributed by atoms with Crippen molar-refractivity contribution in [3.63, 3.8) is 0 Å². The zero-order valence-corrected chi connectivity index (χ0v) is 37.5. The molecule has 0 spiro atoms. The Bertz CT molecular complexity index is 1160. The number of esters is 3. The van der Waals surface area contributed by atoms with Gasteiger partial charge in [-0.15, -0.1) is 0 Å². The van der Waals surface area contributed by atoms with Crippen LogP contribution in [0, 0.1) is 0 Å². The molecule has 0 bridgehead atoms. The molecule has 330 valence electrons. The molecule has 0 radical (unpaired) electrons. The lowest BCUT2D eigenvalue weighted by Gasteiger charge is -2.18. The molecule has 58 heavy (non-hydrogen) atoms. The number of rotatable bonds is 41. The fourth-order valence-electron chi connectivity index (χ4n) is 6.18. The third-order valence-corrected chi connectivity index (χ3v) is 9.63. The molecule has 6 nitrogen and oxygen atoms in total. The molecule has 0 heterocycles. The molecular formula is C52H86O6. The van der Waals surface area contributed by atoms with Gasteiger partial charge in [0.2, 0.25) is 0 Å². The van der Waals surface area contributed by atoms with Gasteiger partial charge < -0.3 is 14.2 Å². The van der Waals surface area contributed by atoms with E-state index in [2.05, 4.69) is 106 Å². The van der Waals surface area contributed by atoms with Gasteiger partial charge in [-0.1, -0.05) is 170 Å². The Morgan fingerprint density at radius 3 is 1.00 bits per heavy atom. The van der Waals surface area contributed by atoms with Crippen molar-refractivity contribution in [1.29, 1.82) is 0 Å². The number of hydrogen-bond donors (Lipinski definition) is 0. The maximum atomic E-state index is 12.7. The Morgan fingerprint density at radius 1 is 0.345 bits per heavy atom. The molecule has 0 saturated carbocycles. The summed E-state index contributed by atoms with van der Waals surface area (Å²) < 4.78 is 16.7. The van der Waals surface area contributed by atoms with Gasteiger partial charge >= 0.3 is 17.9 Å². The molecule has 6 heteroatoms. The highest BCUT2D eigenvalue weighted by molar-refractivity contribution is 5.71. The second-order valence-corrected chi connectivity index (χ2v) is 15.2. The second-order valence-electron chi connectivity index (χ2n) is 15.2. The van der Waals surface area contributed by atoms with Crippen LogP contribution in [0.1, 0.15) is 207 Å². The van der Waals surface area contributed by atoms with Crippen molar-refractivity contribution in [3.05, 3.63) is 85.1 Å². The first-order valence-corrected chi connectivity index (χ1v) is 23.6. The molecule has 0 aromatic carbocycles. The summed E-state index contributed by atoms with van der Waals surface area (Å²) in [7, 11) is 0. The smallest absolute Gasteiger partial charge is 0.306 e. The molecule has 0 N–H and O–H groups in total. The fourth-order valence-corrected chi connectivity index (χ4v) is 6.18. The molecule has 0 aliphatic heterocycles. The van der Waals surface area contributed by atoms with Gasteiger partial charge in [0.1, 0.15) is 13.2 Å². The van der Waals surface area contributed by atoms with Crippen LogP contribution in [0.4, 0.5) is 0 Å². The highest BCUT2D eigenvalue weighted by atomic mass is 16.6. The van der Waals surface area contributed by atoms with Gasteiger partial charge in [-0.05, 0) is 103 Å². The minimum absolute atomic E-state index is 0.0966. The van der Waals surface area contributed by atoms with Gasteiger partial charge in [0.25, 0.3) is 0 Å². The van der Waals surface area contributed by atoms with Gasteiger partial charge in [0, 0.05) is 19.3 Å². The van der Waals surface area contributed by atoms with Crippen LogP contribution in [0.5, 0.6) is 0 Å². The molecule has 0 rings (SSSR count). The van der Waals surface area contributed by atoms with Crippen molar-refractivity contribution in [1.82, 2.24) is 0 Å². The highest BCUT2D eigenvalue weighted by Gasteiger charge is 2.19. The minimum Gasteiger partial charge on any atom is -0.462 e. The molecule has 0 aliphatic carbocycles. The third kappa shape index (κ3) is 43.7. The van der Waals surface area contributed by atoms with E-state index in [0.29, 0.717) is 19.3 Å². The summed E-state index contributed by atoms with van der Waals surface area (Å²) in [6.45, 7) is 6.23. The Balaban J connectivity index is 4.34. The van der Waals surface area contributed by atoms with Crippen LogP contribution in [-0.4, -0.2) is 37.2 Å². The zero-order valence-electron chi connectivity index (χ0n) is 37.5. The Labute approximate surface area is 356 Å². The largest absolute Gasteiger partial charge is 0.462 e. The van der Waals surface area contributed by atoms with Crippen molar-refractivity contribution in [2.75, 3.05) is 13.2 Å². The van der Waals surface area contributed by atoms with E-state index in [1.54, 1.807) is 0 Å². The number of hydrogen-bond acceptors (Lipinski definition) is 6. The maximum absolute atomic E-state index is 12.7. The number of allylic oxidation sites excluding steroid dienone is 14. The lowest BCUT2D eigenvalue weighted by Crippen LogP contribution is -2.30. The quantitative estimate of drug-likeness (QED) is 0.0265. The summed E-state index contributed by atoms with van der Waals surface area (Å²) in [4.78, 5) is 37.7. The summed E-state index contributed by atoms with van der Waals surface area (Å²) in [6.07, 6.45) is 58.7. The van der Waals surface area contributed by atoms with E-state index in [1.807, 2.05) is 0 Å². The molecule has 1 atom stereocenters. The minimum atomic E-state index is -0.797. The van der Waals surface area contributed by atoms with Gasteiger partial charge in [-0.3, -0.25) is 14.4 Å². The number of carbonyl (C=O) groups excluding carboxylic acids is 3. The Hall–Kier alpha value is -3.41. The topological polar surface area (TPSA) is 78.9 Å². The average molecular weight is 807 g/mol. The average Bonchev–Trinajstić information content (AvgIpc) is 3.22. The SMILES string of the molecule is CC/C=C\C/C=C\C/C=C\CCCCCCCCCCCC(=O)OCC(COC(=O)CCCC/C=C\C/C=C\CC)OC(=O)CCCCCCC/C=C\C/C=C\CC.